The van der Waals surface area contributed by atoms with Crippen LogP contribution in [0.2, 0.25) is 0 Å². The molecule has 180 valence electrons. The molecule has 0 aliphatic carbocycles. The first-order chi connectivity index (χ1) is 14.9. The number of hydrogen-bond acceptors (Lipinski definition) is 4. The van der Waals surface area contributed by atoms with Crippen LogP contribution in [0, 0.1) is 6.92 Å². The summed E-state index contributed by atoms with van der Waals surface area (Å²) in [4.78, 5) is 40.6. The molecule has 2 unspecified atom stereocenters. The van der Waals surface area contributed by atoms with Gasteiger partial charge in [-0.2, -0.15) is 0 Å². The SMILES string of the molecule is CCCCCN(C(=O)C(C)NC(=O)OC(C)(C)C)C(C(=O)NC(C)C)c1cccc(C)c1. The topological polar surface area (TPSA) is 87.7 Å². The Labute approximate surface area is 193 Å². The number of ether oxygens (including phenoxy) is 1. The number of carbonyl (C=O) groups excluding carboxylic acids is 3. The third-order valence-corrected chi connectivity index (χ3v) is 4.74. The van der Waals surface area contributed by atoms with E-state index in [0.717, 1.165) is 30.4 Å². The van der Waals surface area contributed by atoms with Crippen LogP contribution in [0.15, 0.2) is 24.3 Å². The van der Waals surface area contributed by atoms with Crippen molar-refractivity contribution in [2.75, 3.05) is 6.54 Å². The molecule has 2 atom stereocenters. The van der Waals surface area contributed by atoms with Gasteiger partial charge in [-0.15, -0.1) is 0 Å². The van der Waals surface area contributed by atoms with Gasteiger partial charge in [-0.3, -0.25) is 9.59 Å². The molecule has 3 amide bonds. The molecule has 32 heavy (non-hydrogen) atoms. The van der Waals surface area contributed by atoms with Crippen LogP contribution in [0.3, 0.4) is 0 Å². The standard InChI is InChI=1S/C25H41N3O4/c1-9-10-11-15-28(23(30)19(5)27-24(31)32-25(6,7)8)21(22(29)26-17(2)3)20-14-12-13-18(4)16-20/h12-14,16-17,19,21H,9-11,15H2,1-8H3,(H,26,29)(H,27,31). The van der Waals surface area contributed by atoms with E-state index in [4.69, 9.17) is 4.74 Å². The van der Waals surface area contributed by atoms with Crippen LogP contribution in [0.1, 0.15) is 84.9 Å². The van der Waals surface area contributed by atoms with Gasteiger partial charge in [0.15, 0.2) is 0 Å². The predicted octanol–water partition coefficient (Wildman–Crippen LogP) is 4.49. The first-order valence-corrected chi connectivity index (χ1v) is 11.5. The summed E-state index contributed by atoms with van der Waals surface area (Å²) in [5.41, 5.74) is 1.08. The maximum Gasteiger partial charge on any atom is 0.408 e. The molecule has 1 aromatic rings. The second-order valence-electron chi connectivity index (χ2n) is 9.59. The van der Waals surface area contributed by atoms with Crippen molar-refractivity contribution >= 4 is 17.9 Å². The van der Waals surface area contributed by atoms with E-state index in [1.54, 1.807) is 32.6 Å². The minimum Gasteiger partial charge on any atom is -0.444 e. The lowest BCUT2D eigenvalue weighted by atomic mass is 10.00. The largest absolute Gasteiger partial charge is 0.444 e. The molecular formula is C25H41N3O4. The number of unbranched alkanes of at least 4 members (excludes halogenated alkanes) is 2. The molecule has 1 rings (SSSR count). The van der Waals surface area contributed by atoms with Crippen LogP contribution in [0.5, 0.6) is 0 Å². The number of rotatable bonds is 10. The number of alkyl carbamates (subject to hydrolysis) is 1. The van der Waals surface area contributed by atoms with Gasteiger partial charge in [-0.1, -0.05) is 49.6 Å². The Bertz CT molecular complexity index is 771. The maximum absolute atomic E-state index is 13.5. The van der Waals surface area contributed by atoms with Gasteiger partial charge in [0.05, 0.1) is 0 Å². The van der Waals surface area contributed by atoms with Gasteiger partial charge >= 0.3 is 6.09 Å². The molecule has 0 saturated carbocycles. The van der Waals surface area contributed by atoms with E-state index < -0.39 is 23.8 Å². The normalized spacial score (nSPS) is 13.3. The molecule has 7 heteroatoms. The fourth-order valence-electron chi connectivity index (χ4n) is 3.37. The van der Waals surface area contributed by atoms with Crippen molar-refractivity contribution in [3.63, 3.8) is 0 Å². The minimum absolute atomic E-state index is 0.0697. The summed E-state index contributed by atoms with van der Waals surface area (Å²) in [7, 11) is 0. The molecule has 0 aromatic heterocycles. The quantitative estimate of drug-likeness (QED) is 0.517. The summed E-state index contributed by atoms with van der Waals surface area (Å²) >= 11 is 0. The number of amides is 3. The average molecular weight is 448 g/mol. The lowest BCUT2D eigenvalue weighted by molar-refractivity contribution is -0.142. The molecule has 0 radical (unpaired) electrons. The van der Waals surface area contributed by atoms with E-state index in [0.29, 0.717) is 6.54 Å². The van der Waals surface area contributed by atoms with E-state index in [2.05, 4.69) is 17.6 Å². The third kappa shape index (κ3) is 9.28. The second-order valence-corrected chi connectivity index (χ2v) is 9.59. The Morgan fingerprint density at radius 3 is 2.25 bits per heavy atom. The van der Waals surface area contributed by atoms with Crippen molar-refractivity contribution in [2.24, 2.45) is 0 Å². The highest BCUT2D eigenvalue weighted by atomic mass is 16.6. The molecule has 7 nitrogen and oxygen atoms in total. The predicted molar refractivity (Wildman–Crippen MR) is 127 cm³/mol. The van der Waals surface area contributed by atoms with Crippen LogP contribution >= 0.6 is 0 Å². The summed E-state index contributed by atoms with van der Waals surface area (Å²) in [5.74, 6) is -0.558. The Morgan fingerprint density at radius 2 is 1.72 bits per heavy atom. The maximum atomic E-state index is 13.5. The van der Waals surface area contributed by atoms with E-state index in [1.165, 1.54) is 0 Å². The van der Waals surface area contributed by atoms with Crippen LogP contribution in [0.4, 0.5) is 4.79 Å². The second kappa shape index (κ2) is 12.5. The minimum atomic E-state index is -0.842. The highest BCUT2D eigenvalue weighted by molar-refractivity contribution is 5.92. The summed E-state index contributed by atoms with van der Waals surface area (Å²) in [6, 6.07) is 5.93. The molecule has 2 N–H and O–H groups in total. The average Bonchev–Trinajstić information content (AvgIpc) is 2.64. The van der Waals surface area contributed by atoms with E-state index in [9.17, 15) is 14.4 Å². The van der Waals surface area contributed by atoms with E-state index in [-0.39, 0.29) is 17.9 Å². The molecule has 0 bridgehead atoms. The molecule has 0 aliphatic rings. The number of carbonyl (C=O) groups is 3. The highest BCUT2D eigenvalue weighted by Gasteiger charge is 2.34. The fourth-order valence-corrected chi connectivity index (χ4v) is 3.37. The first-order valence-electron chi connectivity index (χ1n) is 11.5. The molecule has 0 aliphatic heterocycles. The molecule has 1 aromatic carbocycles. The molecule has 0 spiro atoms. The summed E-state index contributed by atoms with van der Waals surface area (Å²) in [6.07, 6.45) is 2.02. The van der Waals surface area contributed by atoms with Crippen molar-refractivity contribution in [1.82, 2.24) is 15.5 Å². The summed E-state index contributed by atoms with van der Waals surface area (Å²) in [5, 5.41) is 5.57. The first kappa shape index (κ1) is 27.5. The van der Waals surface area contributed by atoms with Gasteiger partial charge in [-0.25, -0.2) is 4.79 Å². The zero-order valence-electron chi connectivity index (χ0n) is 21.0. The zero-order chi connectivity index (χ0) is 24.5. The van der Waals surface area contributed by atoms with Crippen LogP contribution in [-0.4, -0.2) is 47.0 Å². The lowest BCUT2D eigenvalue weighted by Gasteiger charge is -2.34. The van der Waals surface area contributed by atoms with Crippen LogP contribution in [-0.2, 0) is 14.3 Å². The van der Waals surface area contributed by atoms with Gasteiger partial charge in [0.1, 0.15) is 17.7 Å². The molecule has 0 saturated heterocycles. The van der Waals surface area contributed by atoms with E-state index in [1.807, 2.05) is 45.0 Å². The molecular weight excluding hydrogens is 406 g/mol. The van der Waals surface area contributed by atoms with Crippen molar-refractivity contribution < 1.29 is 19.1 Å². The molecule has 0 heterocycles. The van der Waals surface area contributed by atoms with Crippen molar-refractivity contribution in [3.05, 3.63) is 35.4 Å². The Morgan fingerprint density at radius 1 is 1.06 bits per heavy atom. The Kier molecular flexibility index (Phi) is 10.7. The van der Waals surface area contributed by atoms with Gasteiger partial charge < -0.3 is 20.3 Å². The Hall–Kier alpha value is -2.57. The number of nitrogens with zero attached hydrogens (tertiary/aromatic N) is 1. The summed E-state index contributed by atoms with van der Waals surface area (Å²) < 4.78 is 5.30. The van der Waals surface area contributed by atoms with Crippen molar-refractivity contribution in [1.29, 1.82) is 0 Å². The van der Waals surface area contributed by atoms with E-state index >= 15 is 0 Å². The lowest BCUT2D eigenvalue weighted by Crippen LogP contribution is -2.52. The smallest absolute Gasteiger partial charge is 0.408 e. The Balaban J connectivity index is 3.27. The van der Waals surface area contributed by atoms with Gasteiger partial charge in [0.25, 0.3) is 0 Å². The van der Waals surface area contributed by atoms with Gasteiger partial charge in [0, 0.05) is 12.6 Å². The van der Waals surface area contributed by atoms with Crippen LogP contribution in [0.25, 0.3) is 0 Å². The highest BCUT2D eigenvalue weighted by Crippen LogP contribution is 2.24. The van der Waals surface area contributed by atoms with Crippen molar-refractivity contribution in [3.8, 4) is 0 Å². The zero-order valence-corrected chi connectivity index (χ0v) is 21.0. The monoisotopic (exact) mass is 447 g/mol. The van der Waals surface area contributed by atoms with Crippen molar-refractivity contribution in [2.45, 2.75) is 98.4 Å². The van der Waals surface area contributed by atoms with Crippen LogP contribution < -0.4 is 10.6 Å². The number of hydrogen-bond donors (Lipinski definition) is 2. The fraction of sp³-hybridized carbons (Fsp3) is 0.640. The molecule has 0 fully saturated rings. The number of aryl methyl sites for hydroxylation is 1. The number of benzene rings is 1. The van der Waals surface area contributed by atoms with Gasteiger partial charge in [0.2, 0.25) is 11.8 Å². The third-order valence-electron chi connectivity index (χ3n) is 4.74. The van der Waals surface area contributed by atoms with Gasteiger partial charge in [-0.05, 0) is 60.5 Å². The summed E-state index contributed by atoms with van der Waals surface area (Å²) in [6.45, 7) is 15.1. The number of nitrogens with one attached hydrogen (secondary N) is 2.